The first-order chi connectivity index (χ1) is 16.4. The maximum Gasteiger partial charge on any atom is 0.416 e. The Morgan fingerprint density at radius 2 is 1.80 bits per heavy atom. The van der Waals surface area contributed by atoms with Gasteiger partial charge in [-0.25, -0.2) is 17.5 Å². The number of ether oxygens (including phenoxy) is 1. The number of amides is 1. The number of hydrogen-bond acceptors (Lipinski definition) is 5. The van der Waals surface area contributed by atoms with Crippen LogP contribution >= 0.6 is 0 Å². The lowest BCUT2D eigenvalue weighted by atomic mass is 9.97. The molecule has 1 aliphatic heterocycles. The Balaban J connectivity index is 1.40. The minimum atomic E-state index is -4.43. The normalized spacial score (nSPS) is 17.9. The second kappa shape index (κ2) is 9.77. The molecule has 2 aromatic rings. The first kappa shape index (κ1) is 25.4. The summed E-state index contributed by atoms with van der Waals surface area (Å²) in [6.45, 7) is 1.68. The quantitative estimate of drug-likeness (QED) is 0.553. The summed E-state index contributed by atoms with van der Waals surface area (Å²) in [6, 6.07) is 7.58. The molecule has 1 N–H and O–H groups in total. The first-order valence-corrected chi connectivity index (χ1v) is 13.2. The van der Waals surface area contributed by atoms with Crippen molar-refractivity contribution < 1.29 is 35.5 Å². The minimum absolute atomic E-state index is 0.180. The van der Waals surface area contributed by atoms with Crippen molar-refractivity contribution in [3.8, 4) is 5.75 Å². The summed E-state index contributed by atoms with van der Waals surface area (Å²) in [4.78, 5) is 14.3. The second-order valence-corrected chi connectivity index (χ2v) is 10.9. The number of halogens is 4. The van der Waals surface area contributed by atoms with E-state index >= 15 is 0 Å². The van der Waals surface area contributed by atoms with Gasteiger partial charge in [0.15, 0.2) is 0 Å². The number of nitrogens with one attached hydrogen (secondary N) is 1. The number of likely N-dealkylation sites (tertiary alicyclic amines) is 1. The molecule has 2 fully saturated rings. The van der Waals surface area contributed by atoms with Crippen molar-refractivity contribution in [2.45, 2.75) is 50.4 Å². The molecule has 4 rings (SSSR count). The third-order valence-corrected chi connectivity index (χ3v) is 6.72. The highest BCUT2D eigenvalue weighted by molar-refractivity contribution is 7.89. The van der Waals surface area contributed by atoms with Crippen LogP contribution in [0.1, 0.15) is 58.6 Å². The number of hydrogen-bond donors (Lipinski definition) is 1. The van der Waals surface area contributed by atoms with Gasteiger partial charge in [-0.05, 0) is 73.1 Å². The van der Waals surface area contributed by atoms with Crippen LogP contribution in [0.5, 0.6) is 5.75 Å². The molecule has 0 atom stereocenters. The number of carbonyl (C=O) groups is 1. The summed E-state index contributed by atoms with van der Waals surface area (Å²) in [5.41, 5.74) is 0.538. The minimum Gasteiger partial charge on any atom is -0.490 e. The summed E-state index contributed by atoms with van der Waals surface area (Å²) >= 11 is 0. The molecule has 1 heterocycles. The van der Waals surface area contributed by atoms with E-state index in [1.807, 2.05) is 0 Å². The molecule has 2 aromatic carbocycles. The van der Waals surface area contributed by atoms with E-state index in [9.17, 15) is 30.8 Å². The van der Waals surface area contributed by atoms with E-state index in [1.54, 1.807) is 4.72 Å². The van der Waals surface area contributed by atoms with Crippen LogP contribution in [0.15, 0.2) is 36.4 Å². The Kier molecular flexibility index (Phi) is 7.10. The number of alkyl halides is 3. The van der Waals surface area contributed by atoms with E-state index in [-0.39, 0.29) is 23.3 Å². The number of rotatable bonds is 7. The molecule has 6 nitrogen and oxygen atoms in total. The van der Waals surface area contributed by atoms with Crippen molar-refractivity contribution in [3.63, 3.8) is 0 Å². The predicted molar refractivity (Wildman–Crippen MR) is 121 cm³/mol. The summed E-state index contributed by atoms with van der Waals surface area (Å²) in [5, 5.41) is 0. The molecule has 190 valence electrons. The van der Waals surface area contributed by atoms with E-state index in [0.717, 1.165) is 42.4 Å². The molecule has 0 spiro atoms. The van der Waals surface area contributed by atoms with Crippen LogP contribution in [-0.2, 0) is 22.7 Å². The molecule has 1 aliphatic carbocycles. The SMILES string of the molecule is CS(=O)(=O)NC(=O)c1cc(C2CC2)c(CN2CCC(Oc3cccc(C(F)(F)F)c3)CC2)cc1F. The highest BCUT2D eigenvalue weighted by Crippen LogP contribution is 2.43. The van der Waals surface area contributed by atoms with E-state index in [2.05, 4.69) is 4.90 Å². The third-order valence-electron chi connectivity index (χ3n) is 6.16. The number of benzene rings is 2. The molecule has 0 unspecified atom stereocenters. The largest absolute Gasteiger partial charge is 0.490 e. The monoisotopic (exact) mass is 514 g/mol. The van der Waals surface area contributed by atoms with E-state index in [4.69, 9.17) is 4.74 Å². The van der Waals surface area contributed by atoms with Crippen LogP contribution in [0, 0.1) is 5.82 Å². The summed E-state index contributed by atoms with van der Waals surface area (Å²) in [7, 11) is -3.82. The zero-order chi connectivity index (χ0) is 25.4. The van der Waals surface area contributed by atoms with Crippen molar-refractivity contribution in [1.29, 1.82) is 0 Å². The average molecular weight is 515 g/mol. The van der Waals surface area contributed by atoms with Crippen LogP contribution in [0.25, 0.3) is 0 Å². The number of nitrogens with zero attached hydrogens (tertiary/aromatic N) is 1. The summed E-state index contributed by atoms with van der Waals surface area (Å²) in [5.74, 6) is -1.39. The van der Waals surface area contributed by atoms with Crippen molar-refractivity contribution in [1.82, 2.24) is 9.62 Å². The average Bonchev–Trinajstić information content (AvgIpc) is 3.59. The predicted octanol–water partition coefficient (Wildman–Crippen LogP) is 4.45. The van der Waals surface area contributed by atoms with Gasteiger partial charge in [-0.3, -0.25) is 9.69 Å². The molecule has 1 saturated carbocycles. The number of carbonyl (C=O) groups excluding carboxylic acids is 1. The van der Waals surface area contributed by atoms with Gasteiger partial charge in [0.25, 0.3) is 5.91 Å². The van der Waals surface area contributed by atoms with Gasteiger partial charge in [-0.2, -0.15) is 13.2 Å². The molecular formula is C24H26F4N2O4S. The zero-order valence-corrected chi connectivity index (χ0v) is 19.9. The fourth-order valence-electron chi connectivity index (χ4n) is 4.30. The van der Waals surface area contributed by atoms with Gasteiger partial charge >= 0.3 is 6.18 Å². The molecule has 35 heavy (non-hydrogen) atoms. The van der Waals surface area contributed by atoms with Crippen LogP contribution in [0.2, 0.25) is 0 Å². The number of sulfonamides is 1. The molecule has 1 amide bonds. The van der Waals surface area contributed by atoms with Crippen molar-refractivity contribution in [2.24, 2.45) is 0 Å². The van der Waals surface area contributed by atoms with E-state index < -0.39 is 33.5 Å². The summed E-state index contributed by atoms with van der Waals surface area (Å²) in [6.07, 6.45) is -0.787. The van der Waals surface area contributed by atoms with Gasteiger partial charge in [0.05, 0.1) is 17.4 Å². The van der Waals surface area contributed by atoms with Gasteiger partial charge in [0.2, 0.25) is 10.0 Å². The zero-order valence-electron chi connectivity index (χ0n) is 19.1. The standard InChI is InChI=1S/C24H26F4N2O4S/c1-35(32,33)29-23(31)21-13-20(15-5-6-15)16(11-22(21)25)14-30-9-7-18(8-10-30)34-19-4-2-3-17(12-19)24(26,27)28/h2-4,11-13,15,18H,5-10,14H2,1H3,(H,29,31). The van der Waals surface area contributed by atoms with Gasteiger partial charge < -0.3 is 4.74 Å². The fourth-order valence-corrected chi connectivity index (χ4v) is 4.75. The lowest BCUT2D eigenvalue weighted by Gasteiger charge is -2.32. The van der Waals surface area contributed by atoms with Crippen LogP contribution < -0.4 is 9.46 Å². The van der Waals surface area contributed by atoms with Gasteiger partial charge in [0, 0.05) is 19.6 Å². The maximum absolute atomic E-state index is 14.7. The topological polar surface area (TPSA) is 75.7 Å². The molecule has 2 aliphatic rings. The van der Waals surface area contributed by atoms with Gasteiger partial charge in [0.1, 0.15) is 17.7 Å². The van der Waals surface area contributed by atoms with Crippen molar-refractivity contribution >= 4 is 15.9 Å². The Hall–Kier alpha value is -2.66. The highest BCUT2D eigenvalue weighted by atomic mass is 32.2. The van der Waals surface area contributed by atoms with Crippen LogP contribution in [0.4, 0.5) is 17.6 Å². The lowest BCUT2D eigenvalue weighted by Crippen LogP contribution is -2.38. The first-order valence-electron chi connectivity index (χ1n) is 11.3. The fraction of sp³-hybridized carbons (Fsp3) is 0.458. The van der Waals surface area contributed by atoms with Crippen LogP contribution in [0.3, 0.4) is 0 Å². The number of piperidine rings is 1. The molecule has 0 aromatic heterocycles. The molecule has 0 radical (unpaired) electrons. The van der Waals surface area contributed by atoms with Crippen molar-refractivity contribution in [3.05, 3.63) is 64.5 Å². The Morgan fingerprint density at radius 3 is 2.40 bits per heavy atom. The summed E-state index contributed by atoms with van der Waals surface area (Å²) < 4.78 is 83.9. The Morgan fingerprint density at radius 1 is 1.11 bits per heavy atom. The van der Waals surface area contributed by atoms with Gasteiger partial charge in [-0.1, -0.05) is 6.07 Å². The molecule has 11 heteroatoms. The van der Waals surface area contributed by atoms with E-state index in [0.29, 0.717) is 32.5 Å². The maximum atomic E-state index is 14.7. The second-order valence-electron chi connectivity index (χ2n) is 9.13. The van der Waals surface area contributed by atoms with Crippen molar-refractivity contribution in [2.75, 3.05) is 19.3 Å². The molecular weight excluding hydrogens is 488 g/mol. The smallest absolute Gasteiger partial charge is 0.416 e. The Bertz CT molecular complexity index is 1200. The third kappa shape index (κ3) is 6.72. The molecule has 1 saturated heterocycles. The Labute approximate surface area is 201 Å². The molecule has 0 bridgehead atoms. The van der Waals surface area contributed by atoms with E-state index in [1.165, 1.54) is 24.3 Å². The highest BCUT2D eigenvalue weighted by Gasteiger charge is 2.32. The lowest BCUT2D eigenvalue weighted by molar-refractivity contribution is -0.137. The van der Waals surface area contributed by atoms with Crippen LogP contribution in [-0.4, -0.2) is 44.7 Å². The van der Waals surface area contributed by atoms with Gasteiger partial charge in [-0.15, -0.1) is 0 Å².